The summed E-state index contributed by atoms with van der Waals surface area (Å²) >= 11 is 18.2. The number of benzene rings is 2. The first-order chi connectivity index (χ1) is 17.0. The fourth-order valence-corrected chi connectivity index (χ4v) is 5.76. The lowest BCUT2D eigenvalue weighted by Gasteiger charge is -2.33. The molecule has 1 saturated carbocycles. The molecule has 1 aliphatic carbocycles. The van der Waals surface area contributed by atoms with E-state index in [0.29, 0.717) is 10.0 Å². The van der Waals surface area contributed by atoms with E-state index in [1.807, 2.05) is 0 Å². The summed E-state index contributed by atoms with van der Waals surface area (Å²) in [4.78, 5) is 28.1. The van der Waals surface area contributed by atoms with Gasteiger partial charge in [0.2, 0.25) is 21.8 Å². The summed E-state index contributed by atoms with van der Waals surface area (Å²) in [7, 11) is -3.89. The summed E-state index contributed by atoms with van der Waals surface area (Å²) in [5, 5.41) is 4.02. The predicted molar refractivity (Wildman–Crippen MR) is 145 cm³/mol. The average Bonchev–Trinajstić information content (AvgIpc) is 2.82. The van der Waals surface area contributed by atoms with Gasteiger partial charge < -0.3 is 10.2 Å². The first kappa shape index (κ1) is 28.6. The van der Waals surface area contributed by atoms with E-state index in [9.17, 15) is 18.0 Å². The highest BCUT2D eigenvalue weighted by Crippen LogP contribution is 2.30. The third-order valence-corrected chi connectivity index (χ3v) is 8.16. The number of nitrogens with one attached hydrogen (secondary N) is 1. The van der Waals surface area contributed by atoms with E-state index in [2.05, 4.69) is 5.32 Å². The summed E-state index contributed by atoms with van der Waals surface area (Å²) in [6.07, 6.45) is 6.06. The topological polar surface area (TPSA) is 86.8 Å². The predicted octanol–water partition coefficient (Wildman–Crippen LogP) is 5.28. The van der Waals surface area contributed by atoms with Crippen molar-refractivity contribution in [1.82, 2.24) is 10.2 Å². The van der Waals surface area contributed by atoms with E-state index < -0.39 is 28.5 Å². The molecule has 0 aromatic heterocycles. The Morgan fingerprint density at radius 2 is 1.61 bits per heavy atom. The van der Waals surface area contributed by atoms with Gasteiger partial charge in [-0.2, -0.15) is 0 Å². The third-order valence-electron chi connectivity index (χ3n) is 6.24. The minimum absolute atomic E-state index is 0.0709. The average molecular weight is 575 g/mol. The summed E-state index contributed by atoms with van der Waals surface area (Å²) in [5.41, 5.74) is 0.878. The number of carbonyl (C=O) groups is 2. The second kappa shape index (κ2) is 12.5. The smallest absolute Gasteiger partial charge is 0.244 e. The number of sulfonamides is 1. The van der Waals surface area contributed by atoms with Gasteiger partial charge in [0.25, 0.3) is 0 Å². The van der Waals surface area contributed by atoms with E-state index in [4.69, 9.17) is 34.8 Å². The molecule has 7 nitrogen and oxygen atoms in total. The number of hydrogen-bond donors (Lipinski definition) is 1. The lowest BCUT2D eigenvalue weighted by Crippen LogP contribution is -2.53. The molecule has 0 spiro atoms. The van der Waals surface area contributed by atoms with Crippen molar-refractivity contribution in [3.05, 3.63) is 63.1 Å². The molecule has 1 fully saturated rings. The largest absolute Gasteiger partial charge is 0.352 e. The third kappa shape index (κ3) is 7.75. The Morgan fingerprint density at radius 1 is 1.00 bits per heavy atom. The molecule has 1 atom stereocenters. The molecule has 3 rings (SSSR count). The molecule has 0 unspecified atom stereocenters. The monoisotopic (exact) mass is 573 g/mol. The van der Waals surface area contributed by atoms with Crippen LogP contribution in [0, 0.1) is 0 Å². The first-order valence-corrected chi connectivity index (χ1v) is 14.7. The minimum atomic E-state index is -3.89. The number of amides is 2. The number of nitrogens with zero attached hydrogens (tertiary/aromatic N) is 2. The fourth-order valence-electron chi connectivity index (χ4n) is 4.22. The summed E-state index contributed by atoms with van der Waals surface area (Å²) in [5.74, 6) is -0.827. The fraction of sp³-hybridized carbons (Fsp3) is 0.440. The summed E-state index contributed by atoms with van der Waals surface area (Å²) < 4.78 is 26.2. The Kier molecular flexibility index (Phi) is 9.92. The molecule has 0 radical (unpaired) electrons. The van der Waals surface area contributed by atoms with Crippen molar-refractivity contribution < 1.29 is 18.0 Å². The van der Waals surface area contributed by atoms with Crippen molar-refractivity contribution >= 4 is 62.3 Å². The van der Waals surface area contributed by atoms with Crippen LogP contribution in [0.1, 0.15) is 44.6 Å². The molecule has 2 aromatic carbocycles. The van der Waals surface area contributed by atoms with Gasteiger partial charge in [-0.3, -0.25) is 13.9 Å². The highest BCUT2D eigenvalue weighted by Gasteiger charge is 2.31. The minimum Gasteiger partial charge on any atom is -0.352 e. The number of rotatable bonds is 9. The van der Waals surface area contributed by atoms with Gasteiger partial charge in [-0.1, -0.05) is 66.2 Å². The van der Waals surface area contributed by atoms with Gasteiger partial charge in [-0.05, 0) is 55.7 Å². The maximum absolute atomic E-state index is 13.6. The van der Waals surface area contributed by atoms with Gasteiger partial charge in [0.15, 0.2) is 0 Å². The standard InChI is InChI=1S/C25H30Cl3N3O4S/c1-17(25(33)29-21-6-4-3-5-7-21)30(15-18-8-10-19(26)11-9-18)24(32)16-31(36(2,34)35)23-13-12-20(27)14-22(23)28/h8-14,17,21H,3-7,15-16H2,1-2H3,(H,29,33)/t17-/m0/s1. The summed E-state index contributed by atoms with van der Waals surface area (Å²) in [6.45, 7) is 1.21. The molecule has 1 aliphatic rings. The quantitative estimate of drug-likeness (QED) is 0.442. The molecule has 0 bridgehead atoms. The van der Waals surface area contributed by atoms with Crippen LogP contribution >= 0.6 is 34.8 Å². The Hall–Kier alpha value is -2.00. The van der Waals surface area contributed by atoms with Gasteiger partial charge in [0.1, 0.15) is 12.6 Å². The van der Waals surface area contributed by atoms with Crippen LogP contribution < -0.4 is 9.62 Å². The Balaban J connectivity index is 1.88. The lowest BCUT2D eigenvalue weighted by atomic mass is 9.95. The van der Waals surface area contributed by atoms with Gasteiger partial charge in [-0.25, -0.2) is 8.42 Å². The van der Waals surface area contributed by atoms with Crippen LogP contribution in [0.5, 0.6) is 0 Å². The number of hydrogen-bond acceptors (Lipinski definition) is 4. The molecule has 1 N–H and O–H groups in total. The van der Waals surface area contributed by atoms with E-state index in [1.165, 1.54) is 23.1 Å². The van der Waals surface area contributed by atoms with Crippen LogP contribution in [0.3, 0.4) is 0 Å². The van der Waals surface area contributed by atoms with E-state index in [-0.39, 0.29) is 29.2 Å². The number of carbonyl (C=O) groups excluding carboxylic acids is 2. The zero-order chi connectivity index (χ0) is 26.5. The van der Waals surface area contributed by atoms with E-state index in [0.717, 1.165) is 48.2 Å². The lowest BCUT2D eigenvalue weighted by molar-refractivity contribution is -0.139. The number of anilines is 1. The van der Waals surface area contributed by atoms with E-state index >= 15 is 0 Å². The highest BCUT2D eigenvalue weighted by atomic mass is 35.5. The Labute approximate surface area is 227 Å². The van der Waals surface area contributed by atoms with Crippen molar-refractivity contribution in [1.29, 1.82) is 0 Å². The molecule has 0 heterocycles. The molecule has 0 aliphatic heterocycles. The van der Waals surface area contributed by atoms with Crippen LogP contribution in [0.2, 0.25) is 15.1 Å². The van der Waals surface area contributed by atoms with Crippen LogP contribution in [-0.2, 0) is 26.2 Å². The van der Waals surface area contributed by atoms with Crippen LogP contribution in [0.25, 0.3) is 0 Å². The molecule has 11 heteroatoms. The van der Waals surface area contributed by atoms with Crippen LogP contribution in [0.4, 0.5) is 5.69 Å². The van der Waals surface area contributed by atoms with E-state index in [1.54, 1.807) is 31.2 Å². The molecule has 2 aromatic rings. The molecule has 36 heavy (non-hydrogen) atoms. The zero-order valence-corrected chi connectivity index (χ0v) is 23.3. The first-order valence-electron chi connectivity index (χ1n) is 11.7. The maximum atomic E-state index is 13.6. The van der Waals surface area contributed by atoms with Gasteiger partial charge in [-0.15, -0.1) is 0 Å². The molecule has 196 valence electrons. The normalized spacial score (nSPS) is 15.2. The second-order valence-corrected chi connectivity index (χ2v) is 12.2. The Morgan fingerprint density at radius 3 is 2.19 bits per heavy atom. The molecular weight excluding hydrogens is 545 g/mol. The van der Waals surface area contributed by atoms with Crippen molar-refractivity contribution in [2.75, 3.05) is 17.1 Å². The van der Waals surface area contributed by atoms with Crippen molar-refractivity contribution in [2.24, 2.45) is 0 Å². The van der Waals surface area contributed by atoms with Crippen LogP contribution in [0.15, 0.2) is 42.5 Å². The zero-order valence-electron chi connectivity index (χ0n) is 20.2. The van der Waals surface area contributed by atoms with Crippen LogP contribution in [-0.4, -0.2) is 50.0 Å². The van der Waals surface area contributed by atoms with Gasteiger partial charge in [0, 0.05) is 22.6 Å². The number of halogens is 3. The SMILES string of the molecule is C[C@@H](C(=O)NC1CCCCC1)N(Cc1ccc(Cl)cc1)C(=O)CN(c1ccc(Cl)cc1Cl)S(C)(=O)=O. The Bertz CT molecular complexity index is 1190. The van der Waals surface area contributed by atoms with Gasteiger partial charge >= 0.3 is 0 Å². The highest BCUT2D eigenvalue weighted by molar-refractivity contribution is 7.92. The van der Waals surface area contributed by atoms with Crippen molar-refractivity contribution in [3.8, 4) is 0 Å². The van der Waals surface area contributed by atoms with Crippen molar-refractivity contribution in [2.45, 2.75) is 57.7 Å². The molecule has 2 amide bonds. The molecule has 0 saturated heterocycles. The molecular formula is C25H30Cl3N3O4S. The maximum Gasteiger partial charge on any atom is 0.244 e. The van der Waals surface area contributed by atoms with Crippen molar-refractivity contribution in [3.63, 3.8) is 0 Å². The second-order valence-electron chi connectivity index (χ2n) is 9.03. The van der Waals surface area contributed by atoms with Gasteiger partial charge in [0.05, 0.1) is 17.0 Å². The summed E-state index contributed by atoms with van der Waals surface area (Å²) in [6, 6.07) is 10.5.